The maximum absolute atomic E-state index is 12.1. The summed E-state index contributed by atoms with van der Waals surface area (Å²) < 4.78 is 10.3. The van der Waals surface area contributed by atoms with Gasteiger partial charge in [-0.1, -0.05) is 13.0 Å². The van der Waals surface area contributed by atoms with Crippen LogP contribution < -0.4 is 4.74 Å². The van der Waals surface area contributed by atoms with Crippen LogP contribution in [0.25, 0.3) is 0 Å². The Bertz CT molecular complexity index is 477. The number of aryl methyl sites for hydroxylation is 2. The average molecular weight is 264 g/mol. The Hall–Kier alpha value is -1.84. The first kappa shape index (κ1) is 15.2. The molecule has 104 valence electrons. The Morgan fingerprint density at radius 3 is 2.42 bits per heavy atom. The van der Waals surface area contributed by atoms with Crippen molar-refractivity contribution in [3.63, 3.8) is 0 Å². The second-order valence-corrected chi connectivity index (χ2v) is 4.36. The summed E-state index contributed by atoms with van der Waals surface area (Å²) >= 11 is 0. The molecule has 0 unspecified atom stereocenters. The maximum Gasteiger partial charge on any atom is 0.379 e. The van der Waals surface area contributed by atoms with E-state index in [1.165, 1.54) is 0 Å². The molecule has 0 atom stereocenters. The summed E-state index contributed by atoms with van der Waals surface area (Å²) in [5.74, 6) is -1.01. The highest BCUT2D eigenvalue weighted by molar-refractivity contribution is 6.41. The lowest BCUT2D eigenvalue weighted by atomic mass is 10.0. The molecular formula is C15H20O4. The minimum absolute atomic E-state index is 0.181. The van der Waals surface area contributed by atoms with Crippen LogP contribution in [-0.4, -0.2) is 25.0 Å². The van der Waals surface area contributed by atoms with Crippen LogP contribution in [0.4, 0.5) is 0 Å². The Morgan fingerprint density at radius 1 is 1.16 bits per heavy atom. The summed E-state index contributed by atoms with van der Waals surface area (Å²) in [4.78, 5) is 23.6. The molecule has 0 aliphatic rings. The molecular weight excluding hydrogens is 244 g/mol. The smallest absolute Gasteiger partial charge is 0.379 e. The number of esters is 1. The monoisotopic (exact) mass is 264 g/mol. The molecule has 0 amide bonds. The number of hydrogen-bond acceptors (Lipinski definition) is 4. The fraction of sp³-hybridized carbons (Fsp3) is 0.467. The van der Waals surface area contributed by atoms with E-state index < -0.39 is 11.8 Å². The van der Waals surface area contributed by atoms with Crippen molar-refractivity contribution in [3.05, 3.63) is 28.8 Å². The summed E-state index contributed by atoms with van der Waals surface area (Å²) in [6.07, 6.45) is 0.834. The highest BCUT2D eigenvalue weighted by Crippen LogP contribution is 2.26. The van der Waals surface area contributed by atoms with Crippen LogP contribution in [0.2, 0.25) is 0 Å². The zero-order valence-electron chi connectivity index (χ0n) is 11.9. The van der Waals surface area contributed by atoms with Crippen molar-refractivity contribution in [3.8, 4) is 5.75 Å². The molecule has 0 aliphatic carbocycles. The van der Waals surface area contributed by atoms with E-state index in [-0.39, 0.29) is 12.2 Å². The number of ketones is 1. The number of rotatable bonds is 6. The van der Waals surface area contributed by atoms with Gasteiger partial charge >= 0.3 is 5.97 Å². The van der Waals surface area contributed by atoms with Crippen molar-refractivity contribution in [2.24, 2.45) is 0 Å². The van der Waals surface area contributed by atoms with Gasteiger partial charge in [-0.15, -0.1) is 0 Å². The van der Waals surface area contributed by atoms with Gasteiger partial charge in [0.1, 0.15) is 5.75 Å². The average Bonchev–Trinajstić information content (AvgIpc) is 2.36. The minimum Gasteiger partial charge on any atom is -0.493 e. The molecule has 0 spiro atoms. The molecule has 4 heteroatoms. The van der Waals surface area contributed by atoms with E-state index in [9.17, 15) is 9.59 Å². The van der Waals surface area contributed by atoms with Gasteiger partial charge in [-0.2, -0.15) is 0 Å². The largest absolute Gasteiger partial charge is 0.493 e. The van der Waals surface area contributed by atoms with Gasteiger partial charge in [0.05, 0.1) is 18.8 Å². The van der Waals surface area contributed by atoms with Crippen molar-refractivity contribution in [1.29, 1.82) is 0 Å². The Morgan fingerprint density at radius 2 is 1.84 bits per heavy atom. The van der Waals surface area contributed by atoms with Crippen molar-refractivity contribution in [2.75, 3.05) is 13.2 Å². The fourth-order valence-electron chi connectivity index (χ4n) is 1.83. The number of hydrogen-bond donors (Lipinski definition) is 0. The molecule has 19 heavy (non-hydrogen) atoms. The summed E-state index contributed by atoms with van der Waals surface area (Å²) in [7, 11) is 0. The summed E-state index contributed by atoms with van der Waals surface area (Å²) in [5, 5.41) is 0. The van der Waals surface area contributed by atoms with Gasteiger partial charge in [0.2, 0.25) is 0 Å². The van der Waals surface area contributed by atoms with Gasteiger partial charge < -0.3 is 9.47 Å². The first-order valence-corrected chi connectivity index (χ1v) is 6.46. The second kappa shape index (κ2) is 6.92. The molecule has 0 fully saturated rings. The lowest BCUT2D eigenvalue weighted by Crippen LogP contribution is -2.19. The van der Waals surface area contributed by atoms with Crippen LogP contribution in [0.5, 0.6) is 5.75 Å². The maximum atomic E-state index is 12.1. The molecule has 1 aromatic carbocycles. The molecule has 0 heterocycles. The Labute approximate surface area is 113 Å². The van der Waals surface area contributed by atoms with Gasteiger partial charge in [0.25, 0.3) is 5.78 Å². The molecule has 1 rings (SSSR count). The lowest BCUT2D eigenvalue weighted by molar-refractivity contribution is -0.137. The summed E-state index contributed by atoms with van der Waals surface area (Å²) in [6, 6.07) is 3.59. The molecule has 0 aliphatic heterocycles. The SMILES string of the molecule is CCCOc1c(C)cc(C)cc1C(=O)C(=O)OCC. The van der Waals surface area contributed by atoms with Crippen molar-refractivity contribution in [1.82, 2.24) is 0 Å². The van der Waals surface area contributed by atoms with Crippen molar-refractivity contribution >= 4 is 11.8 Å². The third-order valence-electron chi connectivity index (χ3n) is 2.57. The van der Waals surface area contributed by atoms with E-state index in [0.29, 0.717) is 12.4 Å². The zero-order valence-corrected chi connectivity index (χ0v) is 11.9. The fourth-order valence-corrected chi connectivity index (χ4v) is 1.83. The molecule has 0 saturated heterocycles. The topological polar surface area (TPSA) is 52.6 Å². The van der Waals surface area contributed by atoms with E-state index in [2.05, 4.69) is 0 Å². The first-order chi connectivity index (χ1) is 9.01. The van der Waals surface area contributed by atoms with Crippen LogP contribution in [0.15, 0.2) is 12.1 Å². The summed E-state index contributed by atoms with van der Waals surface area (Å²) in [5.41, 5.74) is 2.04. The minimum atomic E-state index is -0.839. The third kappa shape index (κ3) is 3.81. The molecule has 0 aromatic heterocycles. The van der Waals surface area contributed by atoms with E-state index in [1.807, 2.05) is 26.8 Å². The van der Waals surface area contributed by atoms with E-state index >= 15 is 0 Å². The van der Waals surface area contributed by atoms with Gasteiger partial charge in [0.15, 0.2) is 0 Å². The van der Waals surface area contributed by atoms with Crippen molar-refractivity contribution < 1.29 is 19.1 Å². The highest BCUT2D eigenvalue weighted by Gasteiger charge is 2.23. The van der Waals surface area contributed by atoms with Crippen LogP contribution in [0.1, 0.15) is 41.8 Å². The highest BCUT2D eigenvalue weighted by atomic mass is 16.5. The van der Waals surface area contributed by atoms with E-state index in [0.717, 1.165) is 17.5 Å². The zero-order chi connectivity index (χ0) is 14.4. The predicted molar refractivity (Wildman–Crippen MR) is 72.7 cm³/mol. The second-order valence-electron chi connectivity index (χ2n) is 4.36. The van der Waals surface area contributed by atoms with Gasteiger partial charge in [-0.25, -0.2) is 4.79 Å². The third-order valence-corrected chi connectivity index (χ3v) is 2.57. The van der Waals surface area contributed by atoms with Gasteiger partial charge in [-0.05, 0) is 44.4 Å². The molecule has 0 radical (unpaired) electrons. The predicted octanol–water partition coefficient (Wildman–Crippen LogP) is 2.84. The van der Waals surface area contributed by atoms with Crippen LogP contribution in [-0.2, 0) is 9.53 Å². The number of ether oxygens (including phenoxy) is 2. The Balaban J connectivity index is 3.16. The lowest BCUT2D eigenvalue weighted by Gasteiger charge is -2.13. The Kier molecular flexibility index (Phi) is 5.55. The summed E-state index contributed by atoms with van der Waals surface area (Å²) in [6.45, 7) is 8.07. The molecule has 0 bridgehead atoms. The van der Waals surface area contributed by atoms with Crippen LogP contribution in [0.3, 0.4) is 0 Å². The molecule has 1 aromatic rings. The van der Waals surface area contributed by atoms with Crippen LogP contribution >= 0.6 is 0 Å². The number of benzene rings is 1. The molecule has 0 N–H and O–H groups in total. The van der Waals surface area contributed by atoms with Gasteiger partial charge in [0, 0.05) is 0 Å². The quantitative estimate of drug-likeness (QED) is 0.450. The van der Waals surface area contributed by atoms with E-state index in [1.54, 1.807) is 13.0 Å². The number of carbonyl (C=O) groups excluding carboxylic acids is 2. The molecule has 0 saturated carbocycles. The van der Waals surface area contributed by atoms with Gasteiger partial charge in [-0.3, -0.25) is 4.79 Å². The van der Waals surface area contributed by atoms with E-state index in [4.69, 9.17) is 9.47 Å². The first-order valence-electron chi connectivity index (χ1n) is 6.46. The normalized spacial score (nSPS) is 10.1. The molecule has 4 nitrogen and oxygen atoms in total. The van der Waals surface area contributed by atoms with Crippen molar-refractivity contribution in [2.45, 2.75) is 34.1 Å². The number of Topliss-reactive ketones (excluding diaryl/α,β-unsaturated/α-hetero) is 1. The van der Waals surface area contributed by atoms with Crippen LogP contribution in [0, 0.1) is 13.8 Å². The standard InChI is InChI=1S/C15H20O4/c1-5-7-19-14-11(4)8-10(3)9-12(14)13(16)15(17)18-6-2/h8-9H,5-7H2,1-4H3. The number of carbonyl (C=O) groups is 2.